The van der Waals surface area contributed by atoms with Gasteiger partial charge in [0.2, 0.25) is 0 Å². The van der Waals surface area contributed by atoms with Crippen molar-refractivity contribution in [1.29, 1.82) is 0 Å². The largest absolute Gasteiger partial charge is 0.316 e. The van der Waals surface area contributed by atoms with Crippen LogP contribution in [0.5, 0.6) is 0 Å². The molecule has 0 bridgehead atoms. The molecule has 0 aromatic rings. The third-order valence-corrected chi connectivity index (χ3v) is 3.81. The predicted molar refractivity (Wildman–Crippen MR) is 81.1 cm³/mol. The van der Waals surface area contributed by atoms with Crippen molar-refractivity contribution in [3.63, 3.8) is 0 Å². The van der Waals surface area contributed by atoms with E-state index in [0.717, 1.165) is 19.4 Å². The molecule has 1 unspecified atom stereocenters. The van der Waals surface area contributed by atoms with Gasteiger partial charge < -0.3 is 5.32 Å². The zero-order chi connectivity index (χ0) is 12.8. The summed E-state index contributed by atoms with van der Waals surface area (Å²) < 4.78 is 0. The van der Waals surface area contributed by atoms with E-state index in [0.29, 0.717) is 6.04 Å². The maximum Gasteiger partial charge on any atom is 0.0494 e. The number of nitrogens with zero attached hydrogens (tertiary/aromatic N) is 1. The van der Waals surface area contributed by atoms with Crippen LogP contribution >= 0.6 is 11.8 Å². The van der Waals surface area contributed by atoms with Gasteiger partial charge in [-0.1, -0.05) is 6.42 Å². The molecule has 0 fully saturated rings. The van der Waals surface area contributed by atoms with Crippen LogP contribution in [0.25, 0.3) is 0 Å². The Labute approximate surface area is 111 Å². The molecule has 0 saturated heterocycles. The molecule has 0 radical (unpaired) electrons. The number of nitrogens with one attached hydrogen (secondary N) is 1. The Kier molecular flexibility index (Phi) is 13.2. The molecule has 0 aliphatic carbocycles. The van der Waals surface area contributed by atoms with Crippen molar-refractivity contribution in [3.8, 4) is 12.3 Å². The Balaban J connectivity index is 3.09. The Morgan fingerprint density at radius 3 is 2.94 bits per heavy atom. The Morgan fingerprint density at radius 2 is 2.24 bits per heavy atom. The van der Waals surface area contributed by atoms with Gasteiger partial charge in [-0.2, -0.15) is 11.8 Å². The van der Waals surface area contributed by atoms with E-state index in [-0.39, 0.29) is 0 Å². The first-order valence-corrected chi connectivity index (χ1v) is 7.63. The lowest BCUT2D eigenvalue weighted by Crippen LogP contribution is -2.23. The van der Waals surface area contributed by atoms with Crippen molar-refractivity contribution in [3.05, 3.63) is 0 Å². The van der Waals surface area contributed by atoms with Crippen LogP contribution in [-0.2, 0) is 0 Å². The van der Waals surface area contributed by atoms with Gasteiger partial charge in [0.25, 0.3) is 0 Å². The van der Waals surface area contributed by atoms with E-state index in [9.17, 15) is 0 Å². The lowest BCUT2D eigenvalue weighted by Gasteiger charge is -2.08. The van der Waals surface area contributed by atoms with Crippen molar-refractivity contribution in [2.75, 3.05) is 25.1 Å². The van der Waals surface area contributed by atoms with Gasteiger partial charge in [0, 0.05) is 24.8 Å². The quantitative estimate of drug-likeness (QED) is 0.348. The summed E-state index contributed by atoms with van der Waals surface area (Å²) in [5.74, 6) is 5.08. The zero-order valence-electron chi connectivity index (χ0n) is 11.2. The maximum absolute atomic E-state index is 5.14. The molecule has 0 amide bonds. The van der Waals surface area contributed by atoms with E-state index in [4.69, 9.17) is 6.42 Å². The lowest BCUT2D eigenvalue weighted by atomic mass is 10.2. The summed E-state index contributed by atoms with van der Waals surface area (Å²) in [7, 11) is 2.02. The number of thioether (sulfide) groups is 1. The Morgan fingerprint density at radius 1 is 1.41 bits per heavy atom. The first-order chi connectivity index (χ1) is 8.31. The van der Waals surface area contributed by atoms with Gasteiger partial charge in [0.15, 0.2) is 0 Å². The summed E-state index contributed by atoms with van der Waals surface area (Å²) in [4.78, 5) is 4.25. The summed E-state index contributed by atoms with van der Waals surface area (Å²) in [6.07, 6.45) is 12.9. The molecule has 17 heavy (non-hydrogen) atoms. The highest BCUT2D eigenvalue weighted by Gasteiger charge is 1.97. The number of hydrogen-bond acceptors (Lipinski definition) is 3. The van der Waals surface area contributed by atoms with Crippen molar-refractivity contribution < 1.29 is 0 Å². The number of unbranched alkanes of at least 4 members (excludes halogenated alkanes) is 3. The molecule has 0 aromatic carbocycles. The number of hydrogen-bond donors (Lipinski definition) is 1. The second kappa shape index (κ2) is 13.6. The molecule has 2 nitrogen and oxygen atoms in total. The highest BCUT2D eigenvalue weighted by Crippen LogP contribution is 2.08. The highest BCUT2D eigenvalue weighted by molar-refractivity contribution is 7.99. The number of rotatable bonds is 11. The number of aliphatic imine (C=N–C) groups is 1. The molecule has 1 atom stereocenters. The average Bonchev–Trinajstić information content (AvgIpc) is 2.35. The summed E-state index contributed by atoms with van der Waals surface area (Å²) >= 11 is 2.04. The van der Waals surface area contributed by atoms with Crippen LogP contribution in [0, 0.1) is 12.3 Å². The third-order valence-electron chi connectivity index (χ3n) is 2.50. The van der Waals surface area contributed by atoms with Crippen LogP contribution in [-0.4, -0.2) is 37.4 Å². The molecule has 0 rings (SSSR count). The minimum atomic E-state index is 0.628. The second-order valence-electron chi connectivity index (χ2n) is 4.16. The molecule has 0 aliphatic heterocycles. The summed E-state index contributed by atoms with van der Waals surface area (Å²) in [6.45, 7) is 3.01. The van der Waals surface area contributed by atoms with E-state index in [1.807, 2.05) is 25.0 Å². The average molecular weight is 254 g/mol. The van der Waals surface area contributed by atoms with E-state index >= 15 is 0 Å². The van der Waals surface area contributed by atoms with Gasteiger partial charge in [-0.05, 0) is 45.2 Å². The van der Waals surface area contributed by atoms with Crippen molar-refractivity contribution in [2.45, 2.75) is 45.1 Å². The fraction of sp³-hybridized carbons (Fsp3) is 0.786. The minimum Gasteiger partial charge on any atom is -0.316 e. The van der Waals surface area contributed by atoms with E-state index in [1.54, 1.807) is 0 Å². The zero-order valence-corrected chi connectivity index (χ0v) is 12.1. The first-order valence-electron chi connectivity index (χ1n) is 6.48. The van der Waals surface area contributed by atoms with Crippen molar-refractivity contribution in [1.82, 2.24) is 5.32 Å². The third kappa shape index (κ3) is 13.5. The first kappa shape index (κ1) is 16.5. The van der Waals surface area contributed by atoms with Gasteiger partial charge in [-0.3, -0.25) is 4.99 Å². The van der Waals surface area contributed by atoms with Gasteiger partial charge in [0.05, 0.1) is 0 Å². The molecule has 98 valence electrons. The predicted octanol–water partition coefficient (Wildman–Crippen LogP) is 2.98. The molecule has 0 heterocycles. The van der Waals surface area contributed by atoms with Gasteiger partial charge >= 0.3 is 0 Å². The summed E-state index contributed by atoms with van der Waals surface area (Å²) in [5.41, 5.74) is 0. The van der Waals surface area contributed by atoms with Crippen LogP contribution in [0.1, 0.15) is 39.0 Å². The molecular formula is C14H26N2S. The van der Waals surface area contributed by atoms with Crippen LogP contribution < -0.4 is 5.32 Å². The molecule has 0 aliphatic rings. The summed E-state index contributed by atoms with van der Waals surface area (Å²) in [5, 5.41) is 3.25. The normalized spacial score (nSPS) is 12.8. The smallest absolute Gasteiger partial charge is 0.0494 e. The minimum absolute atomic E-state index is 0.628. The molecule has 0 saturated carbocycles. The lowest BCUT2D eigenvalue weighted by molar-refractivity contribution is 0.676. The SMILES string of the molecule is C#CCC/N=C/CCCCCSCC(C)NC. The molecule has 0 spiro atoms. The van der Waals surface area contributed by atoms with E-state index in [1.165, 1.54) is 30.8 Å². The van der Waals surface area contributed by atoms with Gasteiger partial charge in [-0.25, -0.2) is 0 Å². The van der Waals surface area contributed by atoms with Crippen LogP contribution in [0.4, 0.5) is 0 Å². The Hall–Kier alpha value is -0.460. The van der Waals surface area contributed by atoms with Crippen LogP contribution in [0.15, 0.2) is 4.99 Å². The highest BCUT2D eigenvalue weighted by atomic mass is 32.2. The molecular weight excluding hydrogens is 228 g/mol. The summed E-state index contributed by atoms with van der Waals surface area (Å²) in [6, 6.07) is 0.628. The van der Waals surface area contributed by atoms with Gasteiger partial charge in [-0.15, -0.1) is 12.3 Å². The van der Waals surface area contributed by atoms with Crippen molar-refractivity contribution in [2.24, 2.45) is 4.99 Å². The topological polar surface area (TPSA) is 24.4 Å². The molecule has 3 heteroatoms. The van der Waals surface area contributed by atoms with E-state index < -0.39 is 0 Å². The van der Waals surface area contributed by atoms with Crippen LogP contribution in [0.3, 0.4) is 0 Å². The monoisotopic (exact) mass is 254 g/mol. The molecule has 1 N–H and O–H groups in total. The number of terminal acetylenes is 1. The van der Waals surface area contributed by atoms with Gasteiger partial charge in [0.1, 0.15) is 0 Å². The maximum atomic E-state index is 5.14. The molecule has 0 aromatic heterocycles. The standard InChI is InChI=1S/C14H26N2S/c1-4-5-10-16-11-8-6-7-9-12-17-13-14(2)15-3/h1,11,14-15H,5-10,12-13H2,2-3H3/b16-11+. The fourth-order valence-electron chi connectivity index (χ4n) is 1.27. The second-order valence-corrected chi connectivity index (χ2v) is 5.31. The van der Waals surface area contributed by atoms with Crippen LogP contribution in [0.2, 0.25) is 0 Å². The van der Waals surface area contributed by atoms with Crippen molar-refractivity contribution >= 4 is 18.0 Å². The fourth-order valence-corrected chi connectivity index (χ4v) is 2.37. The van der Waals surface area contributed by atoms with E-state index in [2.05, 4.69) is 23.2 Å². The Bertz CT molecular complexity index is 221.